The van der Waals surface area contributed by atoms with E-state index in [1.165, 1.54) is 17.0 Å². The van der Waals surface area contributed by atoms with Gasteiger partial charge in [0.05, 0.1) is 10.7 Å². The average Bonchev–Trinajstić information content (AvgIpc) is 2.38. The molecule has 1 heterocycles. The summed E-state index contributed by atoms with van der Waals surface area (Å²) in [5, 5.41) is 4.29. The molecular formula is C16H25ClN2S. The van der Waals surface area contributed by atoms with Crippen molar-refractivity contribution in [3.63, 3.8) is 0 Å². The van der Waals surface area contributed by atoms with Crippen LogP contribution in [-0.2, 0) is 6.54 Å². The fourth-order valence-electron chi connectivity index (χ4n) is 2.55. The second kappa shape index (κ2) is 7.06. The Morgan fingerprint density at radius 3 is 2.85 bits per heavy atom. The van der Waals surface area contributed by atoms with Crippen molar-refractivity contribution in [2.75, 3.05) is 30.3 Å². The summed E-state index contributed by atoms with van der Waals surface area (Å²) >= 11 is 8.54. The van der Waals surface area contributed by atoms with Crippen LogP contribution < -0.4 is 10.2 Å². The van der Waals surface area contributed by atoms with Crippen LogP contribution in [0, 0.1) is 0 Å². The molecule has 1 aromatic carbocycles. The Labute approximate surface area is 132 Å². The normalized spacial score (nSPS) is 18.3. The van der Waals surface area contributed by atoms with E-state index in [0.29, 0.717) is 4.75 Å². The van der Waals surface area contributed by atoms with Gasteiger partial charge in [0.2, 0.25) is 0 Å². The lowest BCUT2D eigenvalue weighted by atomic mass is 10.1. The fourth-order valence-corrected chi connectivity index (χ4v) is 3.98. The van der Waals surface area contributed by atoms with E-state index in [9.17, 15) is 0 Å². The highest BCUT2D eigenvalue weighted by molar-refractivity contribution is 8.00. The highest BCUT2D eigenvalue weighted by atomic mass is 35.5. The third-order valence-corrected chi connectivity index (χ3v) is 5.13. The van der Waals surface area contributed by atoms with Crippen molar-refractivity contribution in [3.05, 3.63) is 28.8 Å². The first-order valence-corrected chi connectivity index (χ1v) is 8.76. The first kappa shape index (κ1) is 16.0. The lowest BCUT2D eigenvalue weighted by Crippen LogP contribution is -2.43. The second-order valence-electron chi connectivity index (χ2n) is 5.99. The van der Waals surface area contributed by atoms with Gasteiger partial charge in [-0.25, -0.2) is 0 Å². The summed E-state index contributed by atoms with van der Waals surface area (Å²) < 4.78 is 0.308. The number of nitrogens with zero attached hydrogens (tertiary/aromatic N) is 1. The Hall–Kier alpha value is -0.380. The van der Waals surface area contributed by atoms with E-state index in [1.54, 1.807) is 0 Å². The largest absolute Gasteiger partial charge is 0.368 e. The van der Waals surface area contributed by atoms with Crippen LogP contribution in [0.5, 0.6) is 0 Å². The molecule has 1 fully saturated rings. The van der Waals surface area contributed by atoms with E-state index in [-0.39, 0.29) is 0 Å². The number of nitrogens with one attached hydrogen (secondary N) is 1. The molecule has 1 N–H and O–H groups in total. The number of rotatable bonds is 5. The zero-order valence-electron chi connectivity index (χ0n) is 12.7. The molecule has 2 rings (SSSR count). The maximum Gasteiger partial charge on any atom is 0.0642 e. The Balaban J connectivity index is 2.05. The van der Waals surface area contributed by atoms with E-state index in [4.69, 9.17) is 11.6 Å². The van der Waals surface area contributed by atoms with Crippen LogP contribution in [0.3, 0.4) is 0 Å². The van der Waals surface area contributed by atoms with Crippen molar-refractivity contribution in [2.45, 2.75) is 38.5 Å². The molecule has 1 aliphatic rings. The average molecular weight is 313 g/mol. The smallest absolute Gasteiger partial charge is 0.0642 e. The summed E-state index contributed by atoms with van der Waals surface area (Å²) in [5.74, 6) is 1.17. The van der Waals surface area contributed by atoms with Gasteiger partial charge in [0, 0.05) is 30.1 Å². The standard InChI is InChI=1S/C16H25ClN2S/c1-4-7-18-11-13-5-6-15(14(17)10-13)19-8-9-20-16(2,3)12-19/h5-6,10,18H,4,7-9,11-12H2,1-3H3. The minimum atomic E-state index is 0.308. The zero-order valence-corrected chi connectivity index (χ0v) is 14.3. The molecule has 0 amide bonds. The van der Waals surface area contributed by atoms with Gasteiger partial charge in [-0.15, -0.1) is 0 Å². The molecule has 0 saturated carbocycles. The van der Waals surface area contributed by atoms with Crippen LogP contribution in [0.25, 0.3) is 0 Å². The van der Waals surface area contributed by atoms with Crippen LogP contribution in [0.4, 0.5) is 5.69 Å². The van der Waals surface area contributed by atoms with E-state index < -0.39 is 0 Å². The van der Waals surface area contributed by atoms with E-state index in [2.05, 4.69) is 49.2 Å². The van der Waals surface area contributed by atoms with Crippen molar-refractivity contribution in [2.24, 2.45) is 0 Å². The maximum atomic E-state index is 6.49. The lowest BCUT2D eigenvalue weighted by Gasteiger charge is -2.39. The number of anilines is 1. The van der Waals surface area contributed by atoms with E-state index >= 15 is 0 Å². The van der Waals surface area contributed by atoms with Gasteiger partial charge in [-0.05, 0) is 44.5 Å². The minimum Gasteiger partial charge on any atom is -0.368 e. The molecular weight excluding hydrogens is 288 g/mol. The summed E-state index contributed by atoms with van der Waals surface area (Å²) in [4.78, 5) is 2.42. The molecule has 0 aromatic heterocycles. The molecule has 0 radical (unpaired) electrons. The number of benzene rings is 1. The molecule has 1 saturated heterocycles. The van der Waals surface area contributed by atoms with Gasteiger partial charge in [0.15, 0.2) is 0 Å². The van der Waals surface area contributed by atoms with Crippen molar-refractivity contribution < 1.29 is 0 Å². The molecule has 0 atom stereocenters. The molecule has 0 bridgehead atoms. The predicted molar refractivity (Wildman–Crippen MR) is 92.2 cm³/mol. The summed E-state index contributed by atoms with van der Waals surface area (Å²) in [6.07, 6.45) is 1.16. The van der Waals surface area contributed by atoms with Gasteiger partial charge in [-0.2, -0.15) is 11.8 Å². The molecule has 2 nitrogen and oxygen atoms in total. The number of hydrogen-bond donors (Lipinski definition) is 1. The number of hydrogen-bond acceptors (Lipinski definition) is 3. The Bertz CT molecular complexity index is 448. The molecule has 1 aliphatic heterocycles. The topological polar surface area (TPSA) is 15.3 Å². The maximum absolute atomic E-state index is 6.49. The van der Waals surface area contributed by atoms with Gasteiger partial charge < -0.3 is 10.2 Å². The molecule has 112 valence electrons. The Kier molecular flexibility index (Phi) is 5.65. The predicted octanol–water partition coefficient (Wildman–Crippen LogP) is 4.17. The molecule has 0 unspecified atom stereocenters. The Morgan fingerprint density at radius 1 is 1.40 bits per heavy atom. The van der Waals surface area contributed by atoms with Crippen LogP contribution in [0.2, 0.25) is 5.02 Å². The van der Waals surface area contributed by atoms with Crippen LogP contribution in [-0.4, -0.2) is 30.1 Å². The third-order valence-electron chi connectivity index (χ3n) is 3.53. The van der Waals surface area contributed by atoms with Crippen molar-refractivity contribution >= 4 is 29.1 Å². The molecule has 0 spiro atoms. The third kappa shape index (κ3) is 4.31. The quantitative estimate of drug-likeness (QED) is 0.821. The number of halogens is 1. The molecule has 20 heavy (non-hydrogen) atoms. The van der Waals surface area contributed by atoms with Crippen LogP contribution >= 0.6 is 23.4 Å². The monoisotopic (exact) mass is 312 g/mol. The summed E-state index contributed by atoms with van der Waals surface area (Å²) in [5.41, 5.74) is 2.44. The minimum absolute atomic E-state index is 0.308. The van der Waals surface area contributed by atoms with Crippen LogP contribution in [0.1, 0.15) is 32.8 Å². The molecule has 1 aromatic rings. The number of thioether (sulfide) groups is 1. The van der Waals surface area contributed by atoms with Gasteiger partial charge in [0.25, 0.3) is 0 Å². The second-order valence-corrected chi connectivity index (χ2v) is 8.20. The molecule has 0 aliphatic carbocycles. The zero-order chi connectivity index (χ0) is 14.6. The first-order chi connectivity index (χ1) is 9.52. The summed E-state index contributed by atoms with van der Waals surface area (Å²) in [6.45, 7) is 10.9. The SMILES string of the molecule is CCCNCc1ccc(N2CCSC(C)(C)C2)c(Cl)c1. The van der Waals surface area contributed by atoms with Crippen LogP contribution in [0.15, 0.2) is 18.2 Å². The highest BCUT2D eigenvalue weighted by Gasteiger charge is 2.27. The van der Waals surface area contributed by atoms with Crippen molar-refractivity contribution in [1.82, 2.24) is 5.32 Å². The fraction of sp³-hybridized carbons (Fsp3) is 0.625. The summed E-state index contributed by atoms with van der Waals surface area (Å²) in [6, 6.07) is 6.48. The van der Waals surface area contributed by atoms with E-state index in [1.807, 2.05) is 11.8 Å². The van der Waals surface area contributed by atoms with Gasteiger partial charge in [0.1, 0.15) is 0 Å². The van der Waals surface area contributed by atoms with E-state index in [0.717, 1.165) is 37.6 Å². The highest BCUT2D eigenvalue weighted by Crippen LogP contribution is 2.35. The van der Waals surface area contributed by atoms with Crippen molar-refractivity contribution in [3.8, 4) is 0 Å². The van der Waals surface area contributed by atoms with Gasteiger partial charge in [-0.1, -0.05) is 24.6 Å². The summed E-state index contributed by atoms with van der Waals surface area (Å²) in [7, 11) is 0. The van der Waals surface area contributed by atoms with Gasteiger partial charge >= 0.3 is 0 Å². The first-order valence-electron chi connectivity index (χ1n) is 7.40. The lowest BCUT2D eigenvalue weighted by molar-refractivity contribution is 0.647. The molecule has 4 heteroatoms. The Morgan fingerprint density at radius 2 is 2.20 bits per heavy atom. The van der Waals surface area contributed by atoms with Crippen molar-refractivity contribution in [1.29, 1.82) is 0 Å². The van der Waals surface area contributed by atoms with Gasteiger partial charge in [-0.3, -0.25) is 0 Å².